The van der Waals surface area contributed by atoms with Crippen molar-refractivity contribution in [3.05, 3.63) is 59.3 Å². The zero-order chi connectivity index (χ0) is 19.1. The second-order valence-electron chi connectivity index (χ2n) is 7.19. The van der Waals surface area contributed by atoms with Crippen molar-refractivity contribution in [3.8, 4) is 0 Å². The third kappa shape index (κ3) is 2.89. The van der Waals surface area contributed by atoms with Crippen molar-refractivity contribution in [2.24, 2.45) is 7.05 Å². The van der Waals surface area contributed by atoms with E-state index in [1.807, 2.05) is 61.9 Å². The smallest absolute Gasteiger partial charge is 0.274 e. The van der Waals surface area contributed by atoms with E-state index in [4.69, 9.17) is 0 Å². The van der Waals surface area contributed by atoms with E-state index in [-0.39, 0.29) is 11.8 Å². The van der Waals surface area contributed by atoms with Crippen LogP contribution in [0.1, 0.15) is 34.5 Å². The number of amides is 2. The fourth-order valence-corrected chi connectivity index (χ4v) is 3.85. The predicted octanol–water partition coefficient (Wildman–Crippen LogP) is 4.17. The maximum Gasteiger partial charge on any atom is 0.274 e. The second kappa shape index (κ2) is 6.58. The average Bonchev–Trinajstić information content (AvgIpc) is 3.17. The minimum atomic E-state index is -0.199. The van der Waals surface area contributed by atoms with Gasteiger partial charge in [-0.2, -0.15) is 0 Å². The number of hydrogen-bond donors (Lipinski definition) is 1. The van der Waals surface area contributed by atoms with Gasteiger partial charge >= 0.3 is 0 Å². The summed E-state index contributed by atoms with van der Waals surface area (Å²) in [7, 11) is 1.88. The summed E-state index contributed by atoms with van der Waals surface area (Å²) in [5, 5.41) is 3.97. The number of fused-ring (bicyclic) bond motifs is 1. The number of aromatic nitrogens is 1. The van der Waals surface area contributed by atoms with Gasteiger partial charge in [-0.05, 0) is 44.0 Å². The maximum atomic E-state index is 13.3. The van der Waals surface area contributed by atoms with E-state index in [2.05, 4.69) is 11.4 Å². The first-order valence-electron chi connectivity index (χ1n) is 9.24. The molecule has 0 atom stereocenters. The SMILES string of the molecule is Cc1ccc2c(c1)c(N1CCCC1=O)c(C(=O)Nc1ccccc1C)n2C. The fourth-order valence-electron chi connectivity index (χ4n) is 3.85. The lowest BCUT2D eigenvalue weighted by atomic mass is 10.1. The molecule has 4 rings (SSSR count). The zero-order valence-corrected chi connectivity index (χ0v) is 15.9. The summed E-state index contributed by atoms with van der Waals surface area (Å²) in [6.07, 6.45) is 1.35. The lowest BCUT2D eigenvalue weighted by Crippen LogP contribution is -2.27. The average molecular weight is 361 g/mol. The quantitative estimate of drug-likeness (QED) is 0.761. The molecule has 0 unspecified atom stereocenters. The summed E-state index contributed by atoms with van der Waals surface area (Å²) in [5.41, 5.74) is 5.08. The molecule has 2 amide bonds. The molecule has 0 spiro atoms. The van der Waals surface area contributed by atoms with Gasteiger partial charge in [-0.25, -0.2) is 0 Å². The van der Waals surface area contributed by atoms with Gasteiger partial charge in [0.15, 0.2) is 0 Å². The Balaban J connectivity index is 1.88. The van der Waals surface area contributed by atoms with Crippen LogP contribution < -0.4 is 10.2 Å². The molecule has 1 aliphatic heterocycles. The number of aryl methyl sites for hydroxylation is 3. The third-order valence-electron chi connectivity index (χ3n) is 5.28. The first-order chi connectivity index (χ1) is 13.0. The van der Waals surface area contributed by atoms with Crippen molar-refractivity contribution < 1.29 is 9.59 Å². The molecule has 5 nitrogen and oxygen atoms in total. The van der Waals surface area contributed by atoms with Crippen LogP contribution in [0.15, 0.2) is 42.5 Å². The van der Waals surface area contributed by atoms with Crippen molar-refractivity contribution in [1.29, 1.82) is 0 Å². The van der Waals surface area contributed by atoms with Gasteiger partial charge in [0.2, 0.25) is 5.91 Å². The second-order valence-corrected chi connectivity index (χ2v) is 7.19. The minimum Gasteiger partial charge on any atom is -0.338 e. The molecule has 5 heteroatoms. The van der Waals surface area contributed by atoms with Gasteiger partial charge in [-0.1, -0.05) is 29.8 Å². The molecule has 1 N–H and O–H groups in total. The Morgan fingerprint density at radius 3 is 2.59 bits per heavy atom. The molecule has 0 aliphatic carbocycles. The van der Waals surface area contributed by atoms with E-state index in [0.29, 0.717) is 18.7 Å². The topological polar surface area (TPSA) is 54.3 Å². The van der Waals surface area contributed by atoms with E-state index in [0.717, 1.165) is 39.8 Å². The van der Waals surface area contributed by atoms with Crippen LogP contribution >= 0.6 is 0 Å². The molecule has 138 valence electrons. The minimum absolute atomic E-state index is 0.0777. The number of carbonyl (C=O) groups excluding carboxylic acids is 2. The third-order valence-corrected chi connectivity index (χ3v) is 5.28. The normalized spacial score (nSPS) is 14.2. The molecular weight excluding hydrogens is 338 g/mol. The number of rotatable bonds is 3. The molecule has 3 aromatic rings. The van der Waals surface area contributed by atoms with Gasteiger partial charge in [-0.3, -0.25) is 9.59 Å². The number of carbonyl (C=O) groups is 2. The highest BCUT2D eigenvalue weighted by molar-refractivity contribution is 6.17. The van der Waals surface area contributed by atoms with Crippen molar-refractivity contribution in [1.82, 2.24) is 4.57 Å². The van der Waals surface area contributed by atoms with Gasteiger partial charge in [0, 0.05) is 31.1 Å². The standard InChI is InChI=1S/C22H23N3O2/c1-14-10-11-18-16(13-14)20(25-12-6-9-19(25)26)21(24(18)3)22(27)23-17-8-5-4-7-15(17)2/h4-5,7-8,10-11,13H,6,9,12H2,1-3H3,(H,23,27). The lowest BCUT2D eigenvalue weighted by Gasteiger charge is -2.18. The number of nitrogens with one attached hydrogen (secondary N) is 1. The Hall–Kier alpha value is -3.08. The Morgan fingerprint density at radius 1 is 1.11 bits per heavy atom. The molecule has 1 fully saturated rings. The summed E-state index contributed by atoms with van der Waals surface area (Å²) >= 11 is 0. The zero-order valence-electron chi connectivity index (χ0n) is 15.9. The molecular formula is C22H23N3O2. The largest absolute Gasteiger partial charge is 0.338 e. The molecule has 0 bridgehead atoms. The molecule has 1 aromatic heterocycles. The number of anilines is 2. The first-order valence-corrected chi connectivity index (χ1v) is 9.24. The first kappa shape index (κ1) is 17.3. The van der Waals surface area contributed by atoms with Crippen LogP contribution in [0.3, 0.4) is 0 Å². The highest BCUT2D eigenvalue weighted by Crippen LogP contribution is 2.37. The fraction of sp³-hybridized carbons (Fsp3) is 0.273. The predicted molar refractivity (Wildman–Crippen MR) is 108 cm³/mol. The summed E-state index contributed by atoms with van der Waals surface area (Å²) in [6.45, 7) is 4.64. The van der Waals surface area contributed by atoms with Crippen LogP contribution in [-0.4, -0.2) is 22.9 Å². The van der Waals surface area contributed by atoms with Gasteiger partial charge in [-0.15, -0.1) is 0 Å². The molecule has 1 saturated heterocycles. The van der Waals surface area contributed by atoms with Gasteiger partial charge in [0.25, 0.3) is 5.91 Å². The van der Waals surface area contributed by atoms with Gasteiger partial charge in [0.1, 0.15) is 5.69 Å². The van der Waals surface area contributed by atoms with Crippen LogP contribution in [0.5, 0.6) is 0 Å². The Labute approximate surface area is 158 Å². The van der Waals surface area contributed by atoms with Gasteiger partial charge in [0.05, 0.1) is 11.2 Å². The van der Waals surface area contributed by atoms with E-state index in [1.165, 1.54) is 0 Å². The van der Waals surface area contributed by atoms with Crippen LogP contribution in [0.25, 0.3) is 10.9 Å². The van der Waals surface area contributed by atoms with Crippen LogP contribution in [0, 0.1) is 13.8 Å². The Morgan fingerprint density at radius 2 is 1.89 bits per heavy atom. The van der Waals surface area contributed by atoms with Crippen molar-refractivity contribution in [2.45, 2.75) is 26.7 Å². The highest BCUT2D eigenvalue weighted by Gasteiger charge is 2.31. The molecule has 2 aromatic carbocycles. The molecule has 0 radical (unpaired) electrons. The van der Waals surface area contributed by atoms with Crippen LogP contribution in [-0.2, 0) is 11.8 Å². The number of hydrogen-bond acceptors (Lipinski definition) is 2. The van der Waals surface area contributed by atoms with Crippen molar-refractivity contribution >= 4 is 34.1 Å². The Bertz CT molecular complexity index is 1060. The maximum absolute atomic E-state index is 13.3. The summed E-state index contributed by atoms with van der Waals surface area (Å²) < 4.78 is 1.89. The van der Waals surface area contributed by atoms with Crippen LogP contribution in [0.2, 0.25) is 0 Å². The summed E-state index contributed by atoms with van der Waals surface area (Å²) in [5.74, 6) is -0.121. The van der Waals surface area contributed by atoms with E-state index in [9.17, 15) is 9.59 Å². The van der Waals surface area contributed by atoms with Gasteiger partial charge < -0.3 is 14.8 Å². The molecule has 0 saturated carbocycles. The molecule has 2 heterocycles. The number of benzene rings is 2. The van der Waals surface area contributed by atoms with Crippen molar-refractivity contribution in [2.75, 3.05) is 16.8 Å². The van der Waals surface area contributed by atoms with E-state index in [1.54, 1.807) is 4.90 Å². The molecule has 27 heavy (non-hydrogen) atoms. The van der Waals surface area contributed by atoms with Crippen LogP contribution in [0.4, 0.5) is 11.4 Å². The lowest BCUT2D eigenvalue weighted by molar-refractivity contribution is -0.117. The Kier molecular flexibility index (Phi) is 4.22. The molecule has 1 aliphatic rings. The number of para-hydroxylation sites is 1. The van der Waals surface area contributed by atoms with E-state index >= 15 is 0 Å². The summed E-state index contributed by atoms with van der Waals surface area (Å²) in [4.78, 5) is 27.5. The highest BCUT2D eigenvalue weighted by atomic mass is 16.2. The van der Waals surface area contributed by atoms with E-state index < -0.39 is 0 Å². The number of nitrogens with zero attached hydrogens (tertiary/aromatic N) is 2. The van der Waals surface area contributed by atoms with Crippen molar-refractivity contribution in [3.63, 3.8) is 0 Å². The monoisotopic (exact) mass is 361 g/mol. The summed E-state index contributed by atoms with van der Waals surface area (Å²) in [6, 6.07) is 13.8.